The number of nitrogens with two attached hydrogens (primary N) is 1. The van der Waals surface area contributed by atoms with Crippen molar-refractivity contribution in [3.05, 3.63) is 29.8 Å². The number of primary amides is 1. The summed E-state index contributed by atoms with van der Waals surface area (Å²) < 4.78 is 15.9. The second-order valence-corrected chi connectivity index (χ2v) is 5.66. The number of methoxy groups -OCH3 is 1. The van der Waals surface area contributed by atoms with Gasteiger partial charge in [-0.05, 0) is 37.1 Å². The van der Waals surface area contributed by atoms with E-state index in [1.807, 2.05) is 0 Å². The Balaban J connectivity index is 1.99. The molecule has 2 amide bonds. The van der Waals surface area contributed by atoms with Crippen LogP contribution >= 0.6 is 0 Å². The van der Waals surface area contributed by atoms with Crippen molar-refractivity contribution in [2.45, 2.75) is 18.9 Å². The van der Waals surface area contributed by atoms with Crippen LogP contribution in [-0.2, 0) is 14.3 Å². The van der Waals surface area contributed by atoms with Gasteiger partial charge >= 0.3 is 0 Å². The Morgan fingerprint density at radius 2 is 2.08 bits per heavy atom. The summed E-state index contributed by atoms with van der Waals surface area (Å²) in [5.41, 5.74) is 5.59. The molecule has 0 unspecified atom stereocenters. The molecule has 1 aliphatic rings. The third kappa shape index (κ3) is 5.50. The summed E-state index contributed by atoms with van der Waals surface area (Å²) in [4.78, 5) is 25.2. The minimum absolute atomic E-state index is 0.0796. The van der Waals surface area contributed by atoms with Crippen LogP contribution < -0.4 is 10.5 Å². The highest BCUT2D eigenvalue weighted by Gasteiger charge is 2.23. The highest BCUT2D eigenvalue weighted by Crippen LogP contribution is 2.17. The first-order valence-corrected chi connectivity index (χ1v) is 8.01. The van der Waals surface area contributed by atoms with Crippen molar-refractivity contribution in [1.82, 2.24) is 4.90 Å². The molecule has 7 nitrogen and oxygen atoms in total. The molecule has 2 rings (SSSR count). The smallest absolute Gasteiger partial charge is 0.255 e. The molecule has 0 spiro atoms. The van der Waals surface area contributed by atoms with Crippen LogP contribution in [0.1, 0.15) is 23.2 Å². The fraction of sp³-hybridized carbons (Fsp3) is 0.529. The molecular weight excluding hydrogens is 312 g/mol. The molecule has 0 bridgehead atoms. The van der Waals surface area contributed by atoms with Gasteiger partial charge in [-0.3, -0.25) is 9.59 Å². The third-order valence-corrected chi connectivity index (χ3v) is 3.78. The van der Waals surface area contributed by atoms with Gasteiger partial charge in [0.05, 0.1) is 12.7 Å². The molecule has 0 aromatic heterocycles. The molecule has 1 atom stereocenters. The van der Waals surface area contributed by atoms with Crippen molar-refractivity contribution < 1.29 is 23.8 Å². The van der Waals surface area contributed by atoms with E-state index in [1.54, 1.807) is 36.3 Å². The Hall–Kier alpha value is -2.12. The van der Waals surface area contributed by atoms with Gasteiger partial charge in [0.15, 0.2) is 6.61 Å². The number of amides is 2. The highest BCUT2D eigenvalue weighted by molar-refractivity contribution is 5.94. The minimum Gasteiger partial charge on any atom is -0.484 e. The number of hydrogen-bond donors (Lipinski definition) is 1. The molecule has 1 aromatic carbocycles. The zero-order valence-corrected chi connectivity index (χ0v) is 13.9. The molecule has 0 saturated carbocycles. The molecule has 1 fully saturated rings. The van der Waals surface area contributed by atoms with E-state index in [0.29, 0.717) is 31.0 Å². The largest absolute Gasteiger partial charge is 0.484 e. The molecule has 1 saturated heterocycles. The van der Waals surface area contributed by atoms with Gasteiger partial charge in [0.1, 0.15) is 5.75 Å². The lowest BCUT2D eigenvalue weighted by molar-refractivity contribution is -0.119. The summed E-state index contributed by atoms with van der Waals surface area (Å²) in [6, 6.07) is 6.65. The maximum Gasteiger partial charge on any atom is 0.255 e. The van der Waals surface area contributed by atoms with Gasteiger partial charge in [-0.15, -0.1) is 0 Å². The van der Waals surface area contributed by atoms with Crippen molar-refractivity contribution in [2.24, 2.45) is 5.73 Å². The van der Waals surface area contributed by atoms with E-state index in [2.05, 4.69) is 0 Å². The van der Waals surface area contributed by atoms with E-state index in [9.17, 15) is 9.59 Å². The van der Waals surface area contributed by atoms with Crippen LogP contribution in [-0.4, -0.2) is 62.8 Å². The Bertz CT molecular complexity index is 540. The van der Waals surface area contributed by atoms with Crippen molar-refractivity contribution in [3.63, 3.8) is 0 Å². The second-order valence-electron chi connectivity index (χ2n) is 5.66. The van der Waals surface area contributed by atoms with Crippen LogP contribution in [0, 0.1) is 0 Å². The SMILES string of the molecule is COCCN(C[C@@H]1CCCO1)C(=O)c1ccc(OCC(N)=O)cc1. The van der Waals surface area contributed by atoms with E-state index in [0.717, 1.165) is 19.4 Å². The summed E-state index contributed by atoms with van der Waals surface area (Å²) in [6.07, 6.45) is 2.09. The number of nitrogens with zero attached hydrogens (tertiary/aromatic N) is 1. The van der Waals surface area contributed by atoms with Crippen LogP contribution in [0.5, 0.6) is 5.75 Å². The molecule has 1 aliphatic heterocycles. The van der Waals surface area contributed by atoms with Gasteiger partial charge in [0.2, 0.25) is 0 Å². The summed E-state index contributed by atoms with van der Waals surface area (Å²) in [5.74, 6) is -0.130. The molecule has 1 heterocycles. The van der Waals surface area contributed by atoms with E-state index in [4.69, 9.17) is 19.9 Å². The van der Waals surface area contributed by atoms with Gasteiger partial charge in [0, 0.05) is 32.4 Å². The Kier molecular flexibility index (Phi) is 7.02. The zero-order valence-electron chi connectivity index (χ0n) is 13.9. The molecule has 0 radical (unpaired) electrons. The average molecular weight is 336 g/mol. The summed E-state index contributed by atoms with van der Waals surface area (Å²) in [5, 5.41) is 0. The summed E-state index contributed by atoms with van der Waals surface area (Å²) >= 11 is 0. The van der Waals surface area contributed by atoms with Crippen molar-refractivity contribution in [2.75, 3.05) is 40.0 Å². The van der Waals surface area contributed by atoms with E-state index < -0.39 is 5.91 Å². The lowest BCUT2D eigenvalue weighted by Crippen LogP contribution is -2.39. The van der Waals surface area contributed by atoms with Gasteiger partial charge < -0.3 is 24.8 Å². The lowest BCUT2D eigenvalue weighted by atomic mass is 10.1. The second kappa shape index (κ2) is 9.24. The Morgan fingerprint density at radius 3 is 2.67 bits per heavy atom. The number of ether oxygens (including phenoxy) is 3. The molecule has 24 heavy (non-hydrogen) atoms. The molecule has 0 aliphatic carbocycles. The topological polar surface area (TPSA) is 91.1 Å². The fourth-order valence-corrected chi connectivity index (χ4v) is 2.54. The standard InChI is InChI=1S/C17H24N2O5/c1-22-10-8-19(11-15-3-2-9-23-15)17(21)13-4-6-14(7-5-13)24-12-16(18)20/h4-7,15H,2-3,8-12H2,1H3,(H2,18,20)/t15-/m0/s1. The molecular formula is C17H24N2O5. The van der Waals surface area contributed by atoms with Crippen LogP contribution in [0.3, 0.4) is 0 Å². The molecule has 132 valence electrons. The first-order valence-electron chi connectivity index (χ1n) is 8.01. The number of hydrogen-bond acceptors (Lipinski definition) is 5. The Morgan fingerprint density at radius 1 is 1.33 bits per heavy atom. The number of carbonyl (C=O) groups is 2. The van der Waals surface area contributed by atoms with E-state index >= 15 is 0 Å². The van der Waals surface area contributed by atoms with Gasteiger partial charge in [-0.25, -0.2) is 0 Å². The highest BCUT2D eigenvalue weighted by atomic mass is 16.5. The van der Waals surface area contributed by atoms with Gasteiger partial charge in [0.25, 0.3) is 11.8 Å². The summed E-state index contributed by atoms with van der Waals surface area (Å²) in [7, 11) is 1.61. The van der Waals surface area contributed by atoms with Crippen LogP contribution in [0.25, 0.3) is 0 Å². The first kappa shape index (κ1) is 18.2. The number of benzene rings is 1. The van der Waals surface area contributed by atoms with Crippen molar-refractivity contribution >= 4 is 11.8 Å². The van der Waals surface area contributed by atoms with Crippen LogP contribution in [0.15, 0.2) is 24.3 Å². The van der Waals surface area contributed by atoms with E-state index in [1.165, 1.54) is 0 Å². The average Bonchev–Trinajstić information content (AvgIpc) is 3.09. The maximum atomic E-state index is 12.7. The first-order chi connectivity index (χ1) is 11.6. The van der Waals surface area contributed by atoms with E-state index in [-0.39, 0.29) is 18.6 Å². The normalized spacial score (nSPS) is 16.8. The number of rotatable bonds is 9. The van der Waals surface area contributed by atoms with Gasteiger partial charge in [-0.2, -0.15) is 0 Å². The van der Waals surface area contributed by atoms with Crippen molar-refractivity contribution in [3.8, 4) is 5.75 Å². The van der Waals surface area contributed by atoms with Gasteiger partial charge in [-0.1, -0.05) is 0 Å². The van der Waals surface area contributed by atoms with Crippen LogP contribution in [0.2, 0.25) is 0 Å². The monoisotopic (exact) mass is 336 g/mol. The predicted molar refractivity (Wildman–Crippen MR) is 87.9 cm³/mol. The molecule has 2 N–H and O–H groups in total. The maximum absolute atomic E-state index is 12.7. The predicted octanol–water partition coefficient (Wildman–Crippen LogP) is 0.818. The molecule has 1 aromatic rings. The molecule has 7 heteroatoms. The summed E-state index contributed by atoms with van der Waals surface area (Å²) in [6.45, 7) is 2.10. The lowest BCUT2D eigenvalue weighted by Gasteiger charge is -2.25. The third-order valence-electron chi connectivity index (χ3n) is 3.78. The quantitative estimate of drug-likeness (QED) is 0.721. The number of carbonyl (C=O) groups excluding carboxylic acids is 2. The minimum atomic E-state index is -0.544. The zero-order chi connectivity index (χ0) is 17.4. The Labute approximate surface area is 141 Å². The fourth-order valence-electron chi connectivity index (χ4n) is 2.54. The van der Waals surface area contributed by atoms with Crippen LogP contribution in [0.4, 0.5) is 0 Å². The van der Waals surface area contributed by atoms with Crippen molar-refractivity contribution in [1.29, 1.82) is 0 Å².